The number of hydrogen-bond acceptors (Lipinski definition) is 4. The molecule has 6 heteroatoms. The maximum Gasteiger partial charge on any atom is 0.411 e. The van der Waals surface area contributed by atoms with Crippen molar-refractivity contribution in [1.82, 2.24) is 4.90 Å². The van der Waals surface area contributed by atoms with Gasteiger partial charge in [-0.3, -0.25) is 4.90 Å². The van der Waals surface area contributed by atoms with Gasteiger partial charge >= 0.3 is 12.1 Å². The van der Waals surface area contributed by atoms with E-state index in [0.29, 0.717) is 5.75 Å². The van der Waals surface area contributed by atoms with Gasteiger partial charge in [0.2, 0.25) is 0 Å². The Bertz CT molecular complexity index is 282. The summed E-state index contributed by atoms with van der Waals surface area (Å²) in [5, 5.41) is 8.93. The largest absolute Gasteiger partial charge is 0.480 e. The van der Waals surface area contributed by atoms with Gasteiger partial charge in [0.05, 0.1) is 11.5 Å². The van der Waals surface area contributed by atoms with Crippen molar-refractivity contribution in [3.63, 3.8) is 0 Å². The average molecular weight is 247 g/mol. The summed E-state index contributed by atoms with van der Waals surface area (Å²) >= 11 is 1.49. The van der Waals surface area contributed by atoms with Crippen LogP contribution in [-0.4, -0.2) is 45.3 Å². The zero-order valence-corrected chi connectivity index (χ0v) is 10.5. The number of ether oxygens (including phenoxy) is 1. The minimum atomic E-state index is -0.968. The first-order valence-electron chi connectivity index (χ1n) is 5.30. The van der Waals surface area contributed by atoms with Crippen LogP contribution in [-0.2, 0) is 9.53 Å². The summed E-state index contributed by atoms with van der Waals surface area (Å²) in [5.41, 5.74) is 0. The van der Waals surface area contributed by atoms with Gasteiger partial charge in [-0.15, -0.1) is 11.8 Å². The monoisotopic (exact) mass is 247 g/mol. The summed E-state index contributed by atoms with van der Waals surface area (Å²) < 4.78 is 5.06. The highest BCUT2D eigenvalue weighted by atomic mass is 32.2. The van der Waals surface area contributed by atoms with Crippen LogP contribution < -0.4 is 0 Å². The van der Waals surface area contributed by atoms with Gasteiger partial charge in [0.25, 0.3) is 0 Å². The second kappa shape index (κ2) is 5.43. The number of carbonyl (C=O) groups is 2. The standard InChI is InChI=1S/C10H17NO4S/c1-4-8-11(10(14)15-6(2)3)7(5-16-8)9(12)13/h6-8H,4-5H2,1-3H3,(H,12,13). The number of thioether (sulfide) groups is 1. The third kappa shape index (κ3) is 2.81. The summed E-state index contributed by atoms with van der Waals surface area (Å²) in [7, 11) is 0. The molecule has 0 aromatic heterocycles. The quantitative estimate of drug-likeness (QED) is 0.823. The van der Waals surface area contributed by atoms with Crippen molar-refractivity contribution in [3.8, 4) is 0 Å². The summed E-state index contributed by atoms with van der Waals surface area (Å²) in [5.74, 6) is -0.537. The van der Waals surface area contributed by atoms with E-state index < -0.39 is 18.1 Å². The number of aliphatic carboxylic acids is 1. The molecule has 1 heterocycles. The van der Waals surface area contributed by atoms with Gasteiger partial charge in [0.1, 0.15) is 6.04 Å². The van der Waals surface area contributed by atoms with Gasteiger partial charge < -0.3 is 9.84 Å². The Morgan fingerprint density at radius 3 is 2.62 bits per heavy atom. The number of carboxylic acids is 1. The number of carbonyl (C=O) groups excluding carboxylic acids is 1. The van der Waals surface area contributed by atoms with Crippen LogP contribution in [0.15, 0.2) is 0 Å². The SMILES string of the molecule is CCC1SCC(C(=O)O)N1C(=O)OC(C)C. The lowest BCUT2D eigenvalue weighted by molar-refractivity contribution is -0.141. The Labute approximate surface area is 99.1 Å². The fraction of sp³-hybridized carbons (Fsp3) is 0.800. The molecule has 1 amide bonds. The van der Waals surface area contributed by atoms with Gasteiger partial charge in [-0.1, -0.05) is 6.92 Å². The van der Waals surface area contributed by atoms with E-state index in [4.69, 9.17) is 9.84 Å². The average Bonchev–Trinajstić information content (AvgIpc) is 2.59. The third-order valence-corrected chi connectivity index (χ3v) is 3.73. The van der Waals surface area contributed by atoms with Gasteiger partial charge in [0, 0.05) is 5.75 Å². The molecule has 1 aliphatic rings. The van der Waals surface area contributed by atoms with Gasteiger partial charge in [-0.25, -0.2) is 9.59 Å². The topological polar surface area (TPSA) is 66.8 Å². The predicted molar refractivity (Wildman–Crippen MR) is 61.4 cm³/mol. The van der Waals surface area contributed by atoms with Crippen LogP contribution in [0, 0.1) is 0 Å². The van der Waals surface area contributed by atoms with Crippen LogP contribution in [0.5, 0.6) is 0 Å². The Morgan fingerprint density at radius 1 is 1.56 bits per heavy atom. The van der Waals surface area contributed by atoms with E-state index in [0.717, 1.165) is 6.42 Å². The summed E-state index contributed by atoms with van der Waals surface area (Å²) in [4.78, 5) is 24.1. The highest BCUT2D eigenvalue weighted by molar-refractivity contribution is 8.00. The molecular weight excluding hydrogens is 230 g/mol. The van der Waals surface area contributed by atoms with Gasteiger partial charge in [0.15, 0.2) is 0 Å². The van der Waals surface area contributed by atoms with E-state index in [-0.39, 0.29) is 11.5 Å². The van der Waals surface area contributed by atoms with Crippen molar-refractivity contribution in [1.29, 1.82) is 0 Å². The van der Waals surface area contributed by atoms with Crippen molar-refractivity contribution < 1.29 is 19.4 Å². The molecule has 2 unspecified atom stereocenters. The minimum absolute atomic E-state index is 0.0904. The van der Waals surface area contributed by atoms with Crippen LogP contribution in [0.3, 0.4) is 0 Å². The molecule has 2 atom stereocenters. The Kier molecular flexibility index (Phi) is 4.46. The molecule has 1 fully saturated rings. The normalized spacial score (nSPS) is 24.9. The molecule has 1 rings (SSSR count). The van der Waals surface area contributed by atoms with Crippen LogP contribution >= 0.6 is 11.8 Å². The fourth-order valence-corrected chi connectivity index (χ4v) is 2.91. The first-order chi connectivity index (χ1) is 7.47. The molecule has 1 aliphatic heterocycles. The smallest absolute Gasteiger partial charge is 0.411 e. The fourth-order valence-electron chi connectivity index (χ4n) is 1.58. The molecule has 0 spiro atoms. The third-order valence-electron chi connectivity index (χ3n) is 2.27. The Morgan fingerprint density at radius 2 is 2.19 bits per heavy atom. The summed E-state index contributed by atoms with van der Waals surface area (Å²) in [6.45, 7) is 5.42. The molecule has 1 N–H and O–H groups in total. The number of carboxylic acid groups (broad SMARTS) is 1. The molecule has 0 aromatic rings. The molecule has 5 nitrogen and oxygen atoms in total. The molecule has 0 aliphatic carbocycles. The lowest BCUT2D eigenvalue weighted by Crippen LogP contribution is -2.46. The van der Waals surface area contributed by atoms with E-state index >= 15 is 0 Å². The number of nitrogens with zero attached hydrogens (tertiary/aromatic N) is 1. The zero-order valence-electron chi connectivity index (χ0n) is 9.67. The van der Waals surface area contributed by atoms with E-state index in [1.54, 1.807) is 13.8 Å². The van der Waals surface area contributed by atoms with E-state index in [9.17, 15) is 9.59 Å². The molecule has 16 heavy (non-hydrogen) atoms. The second-order valence-electron chi connectivity index (χ2n) is 3.89. The lowest BCUT2D eigenvalue weighted by Gasteiger charge is -2.26. The first kappa shape index (κ1) is 13.2. The van der Waals surface area contributed by atoms with Crippen LogP contribution in [0.4, 0.5) is 4.79 Å². The number of rotatable bonds is 3. The van der Waals surface area contributed by atoms with E-state index in [1.165, 1.54) is 16.7 Å². The van der Waals surface area contributed by atoms with Crippen molar-refractivity contribution in [2.24, 2.45) is 0 Å². The summed E-state index contributed by atoms with van der Waals surface area (Å²) in [6.07, 6.45) is -0.0361. The van der Waals surface area contributed by atoms with E-state index in [2.05, 4.69) is 0 Å². The molecule has 0 bridgehead atoms. The molecule has 0 aromatic carbocycles. The maximum absolute atomic E-state index is 11.8. The molecular formula is C10H17NO4S. The number of amides is 1. The van der Waals surface area contributed by atoms with Crippen molar-refractivity contribution in [2.75, 3.05) is 5.75 Å². The molecule has 1 saturated heterocycles. The first-order valence-corrected chi connectivity index (χ1v) is 6.35. The van der Waals surface area contributed by atoms with Crippen LogP contribution in [0.2, 0.25) is 0 Å². The zero-order chi connectivity index (χ0) is 12.3. The summed E-state index contributed by atoms with van der Waals surface area (Å²) in [6, 6.07) is -0.763. The van der Waals surface area contributed by atoms with Crippen molar-refractivity contribution in [2.45, 2.75) is 44.7 Å². The molecule has 92 valence electrons. The maximum atomic E-state index is 11.8. The van der Waals surface area contributed by atoms with Crippen molar-refractivity contribution in [3.05, 3.63) is 0 Å². The Balaban J connectivity index is 2.77. The molecule has 0 radical (unpaired) electrons. The minimum Gasteiger partial charge on any atom is -0.480 e. The number of hydrogen-bond donors (Lipinski definition) is 1. The second-order valence-corrected chi connectivity index (χ2v) is 5.10. The van der Waals surface area contributed by atoms with Crippen LogP contribution in [0.1, 0.15) is 27.2 Å². The lowest BCUT2D eigenvalue weighted by atomic mass is 10.3. The highest BCUT2D eigenvalue weighted by Gasteiger charge is 2.41. The highest BCUT2D eigenvalue weighted by Crippen LogP contribution is 2.31. The Hall–Kier alpha value is -0.910. The van der Waals surface area contributed by atoms with Gasteiger partial charge in [-0.05, 0) is 20.3 Å². The van der Waals surface area contributed by atoms with Gasteiger partial charge in [-0.2, -0.15) is 0 Å². The van der Waals surface area contributed by atoms with Crippen LogP contribution in [0.25, 0.3) is 0 Å². The van der Waals surface area contributed by atoms with Crippen molar-refractivity contribution >= 4 is 23.8 Å². The molecule has 0 saturated carbocycles. The van der Waals surface area contributed by atoms with E-state index in [1.807, 2.05) is 6.92 Å². The predicted octanol–water partition coefficient (Wildman–Crippen LogP) is 1.77.